The molecule has 5 heteroatoms. The molecule has 8 rings (SSSR count). The third kappa shape index (κ3) is 2.85. The molecule has 0 atom stereocenters. The number of hydrogen-bond acceptors (Lipinski definition) is 5. The van der Waals surface area contributed by atoms with Crippen LogP contribution >= 0.6 is 0 Å². The van der Waals surface area contributed by atoms with Gasteiger partial charge in [-0.1, -0.05) is 104 Å². The predicted octanol–water partition coefficient (Wildman–Crippen LogP) is 8.40. The minimum atomic E-state index is -1.31. The highest BCUT2D eigenvalue weighted by atomic mass is 16.5. The van der Waals surface area contributed by atoms with E-state index < -0.39 is 11.5 Å². The van der Waals surface area contributed by atoms with Crippen LogP contribution in [0.2, 0.25) is 0 Å². The Labute approximate surface area is 235 Å². The van der Waals surface area contributed by atoms with E-state index in [2.05, 4.69) is 77.9 Å². The van der Waals surface area contributed by atoms with Gasteiger partial charge < -0.3 is 4.74 Å². The standard InChI is InChI=1S/C36H24N2O3/c1-3-28(39)33-34(35(40)41-2)37-38-36(33)31-26-18-10-6-14-22(26)20-12-4-8-16-24(20)29(31)30-25-17-9-5-13-21(25)23-15-7-11-19-27(23)32(30)36/h4-19H,3H2,1-2H3. The van der Waals surface area contributed by atoms with Crippen molar-refractivity contribution in [1.29, 1.82) is 0 Å². The van der Waals surface area contributed by atoms with E-state index in [0.29, 0.717) is 0 Å². The molecular weight excluding hydrogens is 508 g/mol. The van der Waals surface area contributed by atoms with Crippen LogP contribution in [0, 0.1) is 0 Å². The van der Waals surface area contributed by atoms with Crippen LogP contribution in [0.1, 0.15) is 24.5 Å². The van der Waals surface area contributed by atoms with E-state index in [1.54, 1.807) is 0 Å². The van der Waals surface area contributed by atoms with Crippen molar-refractivity contribution < 1.29 is 14.3 Å². The van der Waals surface area contributed by atoms with Crippen LogP contribution in [0.5, 0.6) is 0 Å². The van der Waals surface area contributed by atoms with E-state index in [1.165, 1.54) is 7.11 Å². The lowest BCUT2D eigenvalue weighted by Crippen LogP contribution is -2.30. The first kappa shape index (κ1) is 23.7. The zero-order valence-corrected chi connectivity index (χ0v) is 22.6. The molecule has 2 aliphatic rings. The number of hydrogen-bond donors (Lipinski definition) is 0. The SMILES string of the molecule is CCC(=O)C1=C(C(=O)OC)N=NC12c1c(c3ccccc3c3ccccc13)-c1c2c2ccccc2c2ccccc12. The largest absolute Gasteiger partial charge is 0.464 e. The molecule has 5 nitrogen and oxygen atoms in total. The average Bonchev–Trinajstić information content (AvgIpc) is 3.58. The molecule has 6 aromatic rings. The van der Waals surface area contributed by atoms with E-state index in [-0.39, 0.29) is 23.5 Å². The van der Waals surface area contributed by atoms with Crippen molar-refractivity contribution in [3.05, 3.63) is 119 Å². The summed E-state index contributed by atoms with van der Waals surface area (Å²) in [5.41, 5.74) is 2.80. The Bertz CT molecular complexity index is 2100. The lowest BCUT2D eigenvalue weighted by molar-refractivity contribution is -0.136. The molecule has 41 heavy (non-hydrogen) atoms. The second-order valence-corrected chi connectivity index (χ2v) is 10.6. The molecule has 1 heterocycles. The maximum Gasteiger partial charge on any atom is 0.359 e. The molecule has 0 N–H and O–H groups in total. The van der Waals surface area contributed by atoms with Crippen molar-refractivity contribution in [3.8, 4) is 11.1 Å². The second kappa shape index (κ2) is 8.42. The number of ether oxygens (including phenoxy) is 1. The van der Waals surface area contributed by atoms with E-state index in [0.717, 1.165) is 65.3 Å². The zero-order valence-electron chi connectivity index (χ0n) is 22.6. The summed E-state index contributed by atoms with van der Waals surface area (Å²) in [5.74, 6) is -0.837. The highest BCUT2D eigenvalue weighted by molar-refractivity contribution is 6.27. The molecule has 1 aliphatic heterocycles. The number of rotatable bonds is 3. The van der Waals surface area contributed by atoms with E-state index >= 15 is 0 Å². The number of esters is 1. The maximum atomic E-state index is 14.0. The highest BCUT2D eigenvalue weighted by Gasteiger charge is 2.56. The van der Waals surface area contributed by atoms with Crippen LogP contribution in [-0.4, -0.2) is 18.9 Å². The lowest BCUT2D eigenvalue weighted by Gasteiger charge is -2.28. The van der Waals surface area contributed by atoms with Crippen molar-refractivity contribution in [3.63, 3.8) is 0 Å². The Morgan fingerprint density at radius 2 is 1.02 bits per heavy atom. The number of carbonyl (C=O) groups is 2. The maximum absolute atomic E-state index is 14.0. The smallest absolute Gasteiger partial charge is 0.359 e. The number of methoxy groups -OCH3 is 1. The van der Waals surface area contributed by atoms with Crippen LogP contribution in [0.25, 0.3) is 54.2 Å². The van der Waals surface area contributed by atoms with Crippen molar-refractivity contribution in [1.82, 2.24) is 0 Å². The Kier molecular flexibility index (Phi) is 4.87. The molecule has 0 saturated carbocycles. The number of carbonyl (C=O) groups excluding carboxylic acids is 2. The van der Waals surface area contributed by atoms with Gasteiger partial charge in [-0.2, -0.15) is 5.11 Å². The summed E-state index contributed by atoms with van der Waals surface area (Å²) < 4.78 is 5.15. The van der Waals surface area contributed by atoms with Gasteiger partial charge in [-0.3, -0.25) is 4.79 Å². The fourth-order valence-corrected chi connectivity index (χ4v) is 7.18. The van der Waals surface area contributed by atoms with Gasteiger partial charge in [0.05, 0.1) is 12.7 Å². The number of fused-ring (bicyclic) bond motifs is 15. The van der Waals surface area contributed by atoms with Crippen LogP contribution in [-0.2, 0) is 19.9 Å². The quantitative estimate of drug-likeness (QED) is 0.170. The molecule has 0 aromatic heterocycles. The van der Waals surface area contributed by atoms with Crippen molar-refractivity contribution in [2.75, 3.05) is 7.11 Å². The molecule has 0 unspecified atom stereocenters. The van der Waals surface area contributed by atoms with Crippen LogP contribution in [0.4, 0.5) is 0 Å². The van der Waals surface area contributed by atoms with Crippen molar-refractivity contribution in [2.45, 2.75) is 18.9 Å². The fraction of sp³-hybridized carbons (Fsp3) is 0.111. The summed E-state index contributed by atoms with van der Waals surface area (Å²) in [4.78, 5) is 27.2. The first-order chi connectivity index (χ1) is 20.1. The molecule has 0 bridgehead atoms. The van der Waals surface area contributed by atoms with Gasteiger partial charge in [0.25, 0.3) is 0 Å². The number of azo groups is 1. The van der Waals surface area contributed by atoms with Crippen LogP contribution < -0.4 is 0 Å². The normalized spacial score (nSPS) is 14.9. The first-order valence-corrected chi connectivity index (χ1v) is 13.8. The number of benzene rings is 6. The minimum Gasteiger partial charge on any atom is -0.464 e. The summed E-state index contributed by atoms with van der Waals surface area (Å²) in [7, 11) is 1.31. The van der Waals surface area contributed by atoms with Gasteiger partial charge in [-0.05, 0) is 54.2 Å². The van der Waals surface area contributed by atoms with Gasteiger partial charge in [-0.15, -0.1) is 5.11 Å². The molecule has 0 amide bonds. The van der Waals surface area contributed by atoms with Crippen LogP contribution in [0.3, 0.4) is 0 Å². The Balaban J connectivity index is 1.74. The highest BCUT2D eigenvalue weighted by Crippen LogP contribution is 2.64. The molecule has 0 fully saturated rings. The Hall–Kier alpha value is -5.16. The third-order valence-corrected chi connectivity index (χ3v) is 8.72. The fourth-order valence-electron chi connectivity index (χ4n) is 7.18. The van der Waals surface area contributed by atoms with Gasteiger partial charge in [0.1, 0.15) is 0 Å². The summed E-state index contributed by atoms with van der Waals surface area (Å²) in [6.07, 6.45) is 0.199. The Morgan fingerprint density at radius 1 is 0.634 bits per heavy atom. The number of ketones is 1. The molecule has 1 aliphatic carbocycles. The number of Topliss-reactive ketones (excluding diaryl/α,β-unsaturated/α-hetero) is 1. The van der Waals surface area contributed by atoms with Gasteiger partial charge in [0, 0.05) is 17.5 Å². The molecule has 0 saturated heterocycles. The van der Waals surface area contributed by atoms with Gasteiger partial charge in [0.2, 0.25) is 0 Å². The monoisotopic (exact) mass is 532 g/mol. The van der Waals surface area contributed by atoms with Crippen molar-refractivity contribution in [2.24, 2.45) is 10.2 Å². The topological polar surface area (TPSA) is 68.1 Å². The van der Waals surface area contributed by atoms with E-state index in [9.17, 15) is 9.59 Å². The molecule has 196 valence electrons. The molecular formula is C36H24N2O3. The molecule has 1 spiro atoms. The van der Waals surface area contributed by atoms with Gasteiger partial charge in [-0.25, -0.2) is 4.79 Å². The lowest BCUT2D eigenvalue weighted by atomic mass is 9.74. The summed E-state index contributed by atoms with van der Waals surface area (Å²) in [6.45, 7) is 1.81. The number of nitrogens with zero attached hydrogens (tertiary/aromatic N) is 2. The van der Waals surface area contributed by atoms with Crippen molar-refractivity contribution >= 4 is 54.8 Å². The molecule has 6 aromatic carbocycles. The zero-order chi connectivity index (χ0) is 27.9. The van der Waals surface area contributed by atoms with E-state index in [4.69, 9.17) is 9.85 Å². The molecule has 0 radical (unpaired) electrons. The third-order valence-electron chi connectivity index (χ3n) is 8.72. The summed E-state index contributed by atoms with van der Waals surface area (Å²) in [5, 5.41) is 18.0. The van der Waals surface area contributed by atoms with Gasteiger partial charge in [0.15, 0.2) is 17.0 Å². The van der Waals surface area contributed by atoms with Gasteiger partial charge >= 0.3 is 5.97 Å². The predicted molar refractivity (Wildman–Crippen MR) is 162 cm³/mol. The first-order valence-electron chi connectivity index (χ1n) is 13.8. The second-order valence-electron chi connectivity index (χ2n) is 10.6. The summed E-state index contributed by atoms with van der Waals surface area (Å²) in [6, 6.07) is 33.3. The summed E-state index contributed by atoms with van der Waals surface area (Å²) >= 11 is 0. The van der Waals surface area contributed by atoms with E-state index in [1.807, 2.05) is 31.2 Å². The minimum absolute atomic E-state index is 0.0207. The average molecular weight is 533 g/mol. The Morgan fingerprint density at radius 3 is 1.44 bits per heavy atom. The van der Waals surface area contributed by atoms with Crippen LogP contribution in [0.15, 0.2) is 119 Å².